The Morgan fingerprint density at radius 2 is 1.00 bits per heavy atom. The Hall–Kier alpha value is -1.14. The molecule has 0 aromatic heterocycles. The zero-order valence-corrected chi connectivity index (χ0v) is 10.9. The van der Waals surface area contributed by atoms with Gasteiger partial charge in [0.05, 0.1) is 0 Å². The van der Waals surface area contributed by atoms with E-state index >= 15 is 0 Å². The second kappa shape index (κ2) is 3.71. The van der Waals surface area contributed by atoms with Crippen molar-refractivity contribution in [2.24, 2.45) is 0 Å². The van der Waals surface area contributed by atoms with Crippen LogP contribution in [0.5, 0.6) is 0 Å². The number of benzene rings is 2. The normalized spacial score (nSPS) is 14.1. The van der Waals surface area contributed by atoms with Gasteiger partial charge in [-0.25, -0.2) is 0 Å². The SMILES string of the molecule is C[As](F)(F)(c1ccccc1)c1ccccc1. The fraction of sp³-hybridized carbons (Fsp3) is 0.0769. The first-order valence-corrected chi connectivity index (χ1v) is 10.2. The van der Waals surface area contributed by atoms with Gasteiger partial charge in [0.2, 0.25) is 0 Å². The maximum atomic E-state index is 14.8. The van der Waals surface area contributed by atoms with Gasteiger partial charge in [0.15, 0.2) is 0 Å². The molecule has 0 bridgehead atoms. The molecule has 0 aliphatic carbocycles. The summed E-state index contributed by atoms with van der Waals surface area (Å²) in [6.07, 6.45) is 0. The van der Waals surface area contributed by atoms with Gasteiger partial charge in [-0.3, -0.25) is 0 Å². The molecule has 2 aromatic rings. The Morgan fingerprint density at radius 3 is 1.31 bits per heavy atom. The van der Waals surface area contributed by atoms with Gasteiger partial charge < -0.3 is 0 Å². The first kappa shape index (κ1) is 11.3. The standard InChI is InChI=1S/C13H13AsF2/c1-14(15,16,12-8-4-2-5-9-12)13-10-6-3-7-11-13/h2-11H,1H3. The molecule has 0 N–H and O–H groups in total. The van der Waals surface area contributed by atoms with Crippen molar-refractivity contribution < 1.29 is 6.93 Å². The van der Waals surface area contributed by atoms with Gasteiger partial charge in [-0.2, -0.15) is 0 Å². The molecule has 0 spiro atoms. The number of hydrogen-bond acceptors (Lipinski definition) is 0. The Morgan fingerprint density at radius 1 is 0.688 bits per heavy atom. The van der Waals surface area contributed by atoms with Gasteiger partial charge in [0.25, 0.3) is 0 Å². The van der Waals surface area contributed by atoms with Gasteiger partial charge in [0, 0.05) is 0 Å². The van der Waals surface area contributed by atoms with Crippen LogP contribution in [0.15, 0.2) is 60.7 Å². The third-order valence-electron chi connectivity index (χ3n) is 2.68. The van der Waals surface area contributed by atoms with Crippen molar-refractivity contribution in [1.82, 2.24) is 0 Å². The van der Waals surface area contributed by atoms with Gasteiger partial charge in [-0.1, -0.05) is 0 Å². The van der Waals surface area contributed by atoms with E-state index in [4.69, 9.17) is 0 Å². The molecule has 16 heavy (non-hydrogen) atoms. The van der Waals surface area contributed by atoms with E-state index in [2.05, 4.69) is 0 Å². The van der Waals surface area contributed by atoms with Crippen LogP contribution >= 0.6 is 0 Å². The molecule has 0 aliphatic heterocycles. The summed E-state index contributed by atoms with van der Waals surface area (Å²) in [4.78, 5) is 0. The predicted octanol–water partition coefficient (Wildman–Crippen LogP) is 2.77. The van der Waals surface area contributed by atoms with Crippen LogP contribution in [0.3, 0.4) is 0 Å². The monoisotopic (exact) mass is 282 g/mol. The van der Waals surface area contributed by atoms with Crippen LogP contribution in [0.2, 0.25) is 5.71 Å². The zero-order valence-electron chi connectivity index (χ0n) is 8.98. The van der Waals surface area contributed by atoms with Crippen LogP contribution in [0.25, 0.3) is 0 Å². The van der Waals surface area contributed by atoms with Crippen LogP contribution in [0.1, 0.15) is 0 Å². The second-order valence-electron chi connectivity index (χ2n) is 3.97. The van der Waals surface area contributed by atoms with E-state index < -0.39 is 13.4 Å². The summed E-state index contributed by atoms with van der Waals surface area (Å²) in [5, 5.41) is 0. The fourth-order valence-corrected chi connectivity index (χ4v) is 5.85. The average Bonchev–Trinajstić information content (AvgIpc) is 2.31. The third kappa shape index (κ3) is 1.90. The fourth-order valence-electron chi connectivity index (χ4n) is 1.68. The van der Waals surface area contributed by atoms with E-state index in [9.17, 15) is 6.93 Å². The van der Waals surface area contributed by atoms with Crippen molar-refractivity contribution in [3.8, 4) is 0 Å². The molecule has 3 heteroatoms. The average molecular weight is 282 g/mol. The molecule has 0 aliphatic rings. The molecule has 0 unspecified atom stereocenters. The number of rotatable bonds is 2. The summed E-state index contributed by atoms with van der Waals surface area (Å²) in [6, 6.07) is 16.3. The summed E-state index contributed by atoms with van der Waals surface area (Å²) in [6.45, 7) is 0. The van der Waals surface area contributed by atoms with Crippen molar-refractivity contribution >= 4 is 22.1 Å². The van der Waals surface area contributed by atoms with Crippen molar-refractivity contribution in [2.75, 3.05) is 0 Å². The summed E-state index contributed by atoms with van der Waals surface area (Å²) in [7, 11) is 0. The Balaban J connectivity index is 2.60. The van der Waals surface area contributed by atoms with Crippen molar-refractivity contribution in [3.63, 3.8) is 0 Å². The van der Waals surface area contributed by atoms with Gasteiger partial charge in [-0.15, -0.1) is 0 Å². The van der Waals surface area contributed by atoms with Crippen molar-refractivity contribution in [1.29, 1.82) is 0 Å². The van der Waals surface area contributed by atoms with Gasteiger partial charge in [0.1, 0.15) is 0 Å². The molecule has 2 aromatic carbocycles. The molecule has 0 nitrogen and oxygen atoms in total. The summed E-state index contributed by atoms with van der Waals surface area (Å²) >= 11 is -5.52. The summed E-state index contributed by atoms with van der Waals surface area (Å²) in [5.74, 6) is 0. The first-order chi connectivity index (χ1) is 7.49. The molecule has 0 amide bonds. The van der Waals surface area contributed by atoms with Gasteiger partial charge >= 0.3 is 95.4 Å². The Bertz CT molecular complexity index is 428. The number of hydrogen-bond donors (Lipinski definition) is 0. The molecule has 2 rings (SSSR count). The van der Waals surface area contributed by atoms with E-state index in [0.717, 1.165) is 5.71 Å². The molecule has 0 saturated heterocycles. The van der Waals surface area contributed by atoms with E-state index in [1.54, 1.807) is 36.4 Å². The van der Waals surface area contributed by atoms with E-state index in [-0.39, 0.29) is 8.70 Å². The zero-order chi connectivity index (χ0) is 11.7. The molecule has 0 fully saturated rings. The molecule has 0 radical (unpaired) electrons. The van der Waals surface area contributed by atoms with Gasteiger partial charge in [-0.05, 0) is 0 Å². The van der Waals surface area contributed by atoms with Crippen LogP contribution in [-0.2, 0) is 0 Å². The summed E-state index contributed by atoms with van der Waals surface area (Å²) in [5.41, 5.74) is 1.13. The molecular weight excluding hydrogens is 269 g/mol. The topological polar surface area (TPSA) is 0 Å². The molecular formula is C13H13AsF2. The van der Waals surface area contributed by atoms with E-state index in [1.165, 1.54) is 24.3 Å². The quantitative estimate of drug-likeness (QED) is 0.743. The third-order valence-corrected chi connectivity index (χ3v) is 8.82. The van der Waals surface area contributed by atoms with Crippen LogP contribution in [-0.4, -0.2) is 13.4 Å². The predicted molar refractivity (Wildman–Crippen MR) is 66.0 cm³/mol. The molecule has 84 valence electrons. The minimum absolute atomic E-state index is 0.187. The minimum atomic E-state index is -5.52. The molecule has 0 heterocycles. The van der Waals surface area contributed by atoms with Crippen molar-refractivity contribution in [2.45, 2.75) is 5.71 Å². The molecule has 0 saturated carbocycles. The number of halogens is 2. The van der Waals surface area contributed by atoms with E-state index in [0.29, 0.717) is 0 Å². The Labute approximate surface area is 95.6 Å². The van der Waals surface area contributed by atoms with Crippen LogP contribution in [0.4, 0.5) is 6.93 Å². The van der Waals surface area contributed by atoms with Crippen LogP contribution in [0, 0.1) is 0 Å². The maximum absolute atomic E-state index is 14.8. The van der Waals surface area contributed by atoms with E-state index in [1.807, 2.05) is 0 Å². The molecule has 0 atom stereocenters. The second-order valence-corrected chi connectivity index (χ2v) is 11.6. The summed E-state index contributed by atoms with van der Waals surface area (Å²) < 4.78 is 29.9. The van der Waals surface area contributed by atoms with Crippen molar-refractivity contribution in [3.05, 3.63) is 60.7 Å². The van der Waals surface area contributed by atoms with Crippen LogP contribution < -0.4 is 8.70 Å². The Kier molecular flexibility index (Phi) is 2.63. The first-order valence-electron chi connectivity index (χ1n) is 5.05.